The average Bonchev–Trinajstić information content (AvgIpc) is 3.05. The third-order valence-corrected chi connectivity index (χ3v) is 5.72. The fourth-order valence-corrected chi connectivity index (χ4v) is 4.37. The van der Waals surface area contributed by atoms with E-state index < -0.39 is 0 Å². The lowest BCUT2D eigenvalue weighted by Crippen LogP contribution is -2.42. The van der Waals surface area contributed by atoms with Crippen LogP contribution in [0.4, 0.5) is 0 Å². The number of nitrogens with zero attached hydrogens (tertiary/aromatic N) is 2. The van der Waals surface area contributed by atoms with Gasteiger partial charge in [-0.2, -0.15) is 4.57 Å². The van der Waals surface area contributed by atoms with Crippen molar-refractivity contribution in [1.82, 2.24) is 4.98 Å². The molecule has 0 aliphatic carbocycles. The molecule has 1 aliphatic rings. The lowest BCUT2D eigenvalue weighted by atomic mass is 9.98. The summed E-state index contributed by atoms with van der Waals surface area (Å²) in [7, 11) is 0. The molecule has 0 unspecified atom stereocenters. The summed E-state index contributed by atoms with van der Waals surface area (Å²) in [5.74, 6) is 0.700. The first kappa shape index (κ1) is 16.1. The van der Waals surface area contributed by atoms with Gasteiger partial charge >= 0.3 is 11.7 Å². The van der Waals surface area contributed by atoms with Crippen LogP contribution in [-0.2, 0) is 0 Å². The van der Waals surface area contributed by atoms with Crippen LogP contribution in [0.5, 0.6) is 0 Å². The van der Waals surface area contributed by atoms with Gasteiger partial charge in [0.25, 0.3) is 0 Å². The molecule has 29 heavy (non-hydrogen) atoms. The monoisotopic (exact) mass is 373 g/mol. The molecule has 3 nitrogen and oxygen atoms in total. The Morgan fingerprint density at radius 1 is 0.724 bits per heavy atom. The Kier molecular flexibility index (Phi) is 3.24. The highest BCUT2D eigenvalue weighted by molar-refractivity contribution is 6.06. The number of rotatable bonds is 1. The van der Waals surface area contributed by atoms with Crippen molar-refractivity contribution in [2.45, 2.75) is 6.92 Å². The van der Waals surface area contributed by atoms with E-state index in [-0.39, 0.29) is 5.91 Å². The number of carbonyl (C=O) groups excluding carboxylic acids is 1. The maximum Gasteiger partial charge on any atom is 0.347 e. The van der Waals surface area contributed by atoms with E-state index >= 15 is 0 Å². The zero-order valence-electron chi connectivity index (χ0n) is 15.9. The summed E-state index contributed by atoms with van der Waals surface area (Å²) in [6, 6.07) is 28.6. The van der Waals surface area contributed by atoms with Gasteiger partial charge in [-0.15, -0.1) is 0 Å². The molecule has 1 aromatic heterocycles. The minimum absolute atomic E-state index is 0.0126. The van der Waals surface area contributed by atoms with E-state index in [9.17, 15) is 4.79 Å². The van der Waals surface area contributed by atoms with Gasteiger partial charge in [-0.25, -0.2) is 4.79 Å². The van der Waals surface area contributed by atoms with Crippen LogP contribution in [0.2, 0.25) is 0 Å². The number of hydrogen-bond acceptors (Lipinski definition) is 2. The molecule has 2 heterocycles. The average molecular weight is 373 g/mol. The maximum absolute atomic E-state index is 13.2. The number of aromatic nitrogens is 2. The molecule has 4 aromatic carbocycles. The summed E-state index contributed by atoms with van der Waals surface area (Å²) >= 11 is 0. The van der Waals surface area contributed by atoms with E-state index in [2.05, 4.69) is 61.5 Å². The van der Waals surface area contributed by atoms with Crippen molar-refractivity contribution in [2.75, 3.05) is 0 Å². The molecule has 0 saturated carbocycles. The molecule has 3 heteroatoms. The van der Waals surface area contributed by atoms with Crippen LogP contribution < -0.4 is 4.57 Å². The van der Waals surface area contributed by atoms with Crippen LogP contribution in [0.15, 0.2) is 84.9 Å². The van der Waals surface area contributed by atoms with Crippen molar-refractivity contribution in [3.05, 3.63) is 96.1 Å². The summed E-state index contributed by atoms with van der Waals surface area (Å²) in [6.07, 6.45) is 0. The highest BCUT2D eigenvalue weighted by Gasteiger charge is 2.38. The summed E-state index contributed by atoms with van der Waals surface area (Å²) in [5.41, 5.74) is 5.63. The van der Waals surface area contributed by atoms with Crippen LogP contribution in [0, 0.1) is 6.92 Å². The number of benzene rings is 4. The van der Waals surface area contributed by atoms with Crippen LogP contribution in [-0.4, -0.2) is 10.9 Å². The molecule has 0 amide bonds. The minimum atomic E-state index is -0.0126. The highest BCUT2D eigenvalue weighted by Crippen LogP contribution is 2.35. The quantitative estimate of drug-likeness (QED) is 0.366. The minimum Gasteiger partial charge on any atom is -0.240 e. The van der Waals surface area contributed by atoms with E-state index in [0.717, 1.165) is 38.7 Å². The normalized spacial score (nSPS) is 12.4. The van der Waals surface area contributed by atoms with Crippen molar-refractivity contribution in [2.24, 2.45) is 0 Å². The third kappa shape index (κ3) is 2.21. The first-order valence-corrected chi connectivity index (χ1v) is 9.71. The predicted molar refractivity (Wildman–Crippen MR) is 115 cm³/mol. The zero-order chi connectivity index (χ0) is 19.5. The lowest BCUT2D eigenvalue weighted by Gasteiger charge is -2.08. The van der Waals surface area contributed by atoms with Crippen LogP contribution in [0.3, 0.4) is 0 Å². The Morgan fingerprint density at radius 3 is 2.34 bits per heavy atom. The van der Waals surface area contributed by atoms with Gasteiger partial charge in [-0.3, -0.25) is 0 Å². The zero-order valence-corrected chi connectivity index (χ0v) is 15.9. The van der Waals surface area contributed by atoms with Crippen molar-refractivity contribution < 1.29 is 9.36 Å². The molecule has 5 aromatic rings. The summed E-state index contributed by atoms with van der Waals surface area (Å²) in [4.78, 5) is 18.2. The van der Waals surface area contributed by atoms with E-state index in [1.54, 1.807) is 4.57 Å². The van der Waals surface area contributed by atoms with E-state index in [4.69, 9.17) is 4.98 Å². The first-order valence-electron chi connectivity index (χ1n) is 9.71. The maximum atomic E-state index is 13.2. The molecule has 0 atom stereocenters. The van der Waals surface area contributed by atoms with Crippen LogP contribution in [0.25, 0.3) is 44.3 Å². The van der Waals surface area contributed by atoms with E-state index in [1.807, 2.05) is 30.3 Å². The fourth-order valence-electron chi connectivity index (χ4n) is 4.37. The van der Waals surface area contributed by atoms with E-state index in [0.29, 0.717) is 11.4 Å². The van der Waals surface area contributed by atoms with Gasteiger partial charge < -0.3 is 0 Å². The standard InChI is InChI=1S/C26H17N2O/c1-16-13-14-23-22(15-16)24(19-12-6-8-17-7-2-3-9-18(17)19)27-25-20-10-4-5-11-21(20)26(29)28(23)25/h2-15H,1H3/q+1. The smallest absolute Gasteiger partial charge is 0.240 e. The number of hydrogen-bond donors (Lipinski definition) is 0. The molecular formula is C26H17N2O+. The van der Waals surface area contributed by atoms with Crippen LogP contribution in [0.1, 0.15) is 15.9 Å². The predicted octanol–water partition coefficient (Wildman–Crippen LogP) is 5.32. The summed E-state index contributed by atoms with van der Waals surface area (Å²) < 4.78 is 1.76. The lowest BCUT2D eigenvalue weighted by molar-refractivity contribution is -0.529. The molecule has 6 rings (SSSR count). The van der Waals surface area contributed by atoms with Gasteiger partial charge in [-0.1, -0.05) is 60.2 Å². The van der Waals surface area contributed by atoms with Gasteiger partial charge in [0, 0.05) is 5.56 Å². The largest absolute Gasteiger partial charge is 0.347 e. The second-order valence-electron chi connectivity index (χ2n) is 7.52. The Balaban J connectivity index is 1.79. The van der Waals surface area contributed by atoms with Gasteiger partial charge in [0.2, 0.25) is 0 Å². The number of aryl methyl sites for hydroxylation is 1. The molecule has 0 bridgehead atoms. The first-order chi connectivity index (χ1) is 14.2. The third-order valence-electron chi connectivity index (χ3n) is 5.72. The molecule has 0 N–H and O–H groups in total. The second-order valence-corrected chi connectivity index (χ2v) is 7.52. The van der Waals surface area contributed by atoms with Crippen molar-refractivity contribution in [1.29, 1.82) is 0 Å². The molecule has 136 valence electrons. The van der Waals surface area contributed by atoms with E-state index in [1.165, 1.54) is 5.39 Å². The molecule has 1 aliphatic heterocycles. The summed E-state index contributed by atoms with van der Waals surface area (Å²) in [5, 5.41) is 3.33. The number of fused-ring (bicyclic) bond motifs is 6. The highest BCUT2D eigenvalue weighted by atomic mass is 16.2. The Labute approximate surface area is 167 Å². The van der Waals surface area contributed by atoms with Crippen molar-refractivity contribution >= 4 is 27.6 Å². The van der Waals surface area contributed by atoms with Gasteiger partial charge in [0.15, 0.2) is 5.69 Å². The Morgan fingerprint density at radius 2 is 1.45 bits per heavy atom. The van der Waals surface area contributed by atoms with Crippen LogP contribution >= 0.6 is 0 Å². The second kappa shape index (κ2) is 5.82. The molecular weight excluding hydrogens is 356 g/mol. The summed E-state index contributed by atoms with van der Waals surface area (Å²) in [6.45, 7) is 2.07. The molecule has 0 spiro atoms. The fraction of sp³-hybridized carbons (Fsp3) is 0.0385. The Bertz CT molecular complexity index is 1480. The van der Waals surface area contributed by atoms with Gasteiger partial charge in [0.1, 0.15) is 5.52 Å². The van der Waals surface area contributed by atoms with Crippen molar-refractivity contribution in [3.63, 3.8) is 0 Å². The molecule has 0 fully saturated rings. The Hall–Kier alpha value is -3.85. The SMILES string of the molecule is Cc1ccc2c(c1)c(-c1cccc3ccccc13)nc1[n+]2C(=O)c2ccccc2-1. The van der Waals surface area contributed by atoms with Gasteiger partial charge in [-0.05, 0) is 53.0 Å². The molecule has 0 saturated heterocycles. The van der Waals surface area contributed by atoms with Crippen molar-refractivity contribution in [3.8, 4) is 22.6 Å². The molecule has 0 radical (unpaired) electrons. The van der Waals surface area contributed by atoms with Gasteiger partial charge in [0.05, 0.1) is 16.5 Å². The number of carbonyl (C=O) groups is 1. The topological polar surface area (TPSA) is 33.8 Å².